The molecule has 0 unspecified atom stereocenters. The maximum atomic E-state index is 12.2. The second-order valence-electron chi connectivity index (χ2n) is 5.59. The molecule has 2 heterocycles. The van der Waals surface area contributed by atoms with E-state index >= 15 is 0 Å². The lowest BCUT2D eigenvalue weighted by molar-refractivity contribution is 0.196. The van der Waals surface area contributed by atoms with Gasteiger partial charge in [-0.15, -0.1) is 11.3 Å². The van der Waals surface area contributed by atoms with Crippen molar-refractivity contribution in [1.29, 1.82) is 0 Å². The molecule has 1 saturated heterocycles. The number of hydrogen-bond acceptors (Lipinski definition) is 5. The van der Waals surface area contributed by atoms with Crippen LogP contribution in [0.1, 0.15) is 22.7 Å². The number of nitrogens with one attached hydrogen (secondary N) is 1. The third kappa shape index (κ3) is 4.65. The van der Waals surface area contributed by atoms with Gasteiger partial charge in [0.1, 0.15) is 0 Å². The number of aryl methyl sites for hydroxylation is 1. The first-order valence-electron chi connectivity index (χ1n) is 7.14. The lowest BCUT2D eigenvalue weighted by Crippen LogP contribution is -2.49. The molecule has 2 amide bonds. The van der Waals surface area contributed by atoms with Crippen molar-refractivity contribution in [2.45, 2.75) is 32.4 Å². The van der Waals surface area contributed by atoms with Gasteiger partial charge >= 0.3 is 6.03 Å². The molecule has 0 radical (unpaired) electrons. The zero-order chi connectivity index (χ0) is 16.3. The Labute approximate surface area is 135 Å². The normalized spacial score (nSPS) is 17.4. The number of amides is 2. The number of piperidine rings is 1. The van der Waals surface area contributed by atoms with Crippen molar-refractivity contribution in [3.8, 4) is 0 Å². The molecule has 1 fully saturated rings. The van der Waals surface area contributed by atoms with Crippen LogP contribution in [0.25, 0.3) is 0 Å². The highest BCUT2D eigenvalue weighted by Gasteiger charge is 2.26. The van der Waals surface area contributed by atoms with Crippen LogP contribution in [-0.4, -0.2) is 61.1 Å². The van der Waals surface area contributed by atoms with Gasteiger partial charge in [-0.2, -0.15) is 0 Å². The summed E-state index contributed by atoms with van der Waals surface area (Å²) in [6, 6.07) is -0.111. The summed E-state index contributed by atoms with van der Waals surface area (Å²) in [5.74, 6) is 0. The molecule has 0 saturated carbocycles. The molecule has 22 heavy (non-hydrogen) atoms. The van der Waals surface area contributed by atoms with Gasteiger partial charge in [0.05, 0.1) is 17.8 Å². The van der Waals surface area contributed by atoms with Gasteiger partial charge in [0, 0.05) is 37.3 Å². The van der Waals surface area contributed by atoms with E-state index in [1.165, 1.54) is 10.6 Å². The molecule has 124 valence electrons. The number of nitrogens with zero attached hydrogens (tertiary/aromatic N) is 3. The highest BCUT2D eigenvalue weighted by molar-refractivity contribution is 7.88. The number of aromatic nitrogens is 1. The number of thiazole rings is 1. The molecule has 9 heteroatoms. The van der Waals surface area contributed by atoms with Crippen molar-refractivity contribution in [1.82, 2.24) is 19.5 Å². The Balaban J connectivity index is 1.80. The largest absolute Gasteiger partial charge is 0.335 e. The molecule has 1 aromatic heterocycles. The Bertz CT molecular complexity index is 621. The van der Waals surface area contributed by atoms with Gasteiger partial charge in [0.15, 0.2) is 0 Å². The molecule has 7 nitrogen and oxygen atoms in total. The van der Waals surface area contributed by atoms with E-state index in [1.54, 1.807) is 29.5 Å². The molecule has 1 aromatic rings. The molecule has 0 bridgehead atoms. The maximum absolute atomic E-state index is 12.2. The minimum absolute atomic E-state index is 0.0242. The van der Waals surface area contributed by atoms with E-state index in [2.05, 4.69) is 10.3 Å². The van der Waals surface area contributed by atoms with Gasteiger partial charge in [-0.25, -0.2) is 22.5 Å². The summed E-state index contributed by atoms with van der Waals surface area (Å²) < 4.78 is 24.4. The predicted octanol–water partition coefficient (Wildman–Crippen LogP) is 1.02. The van der Waals surface area contributed by atoms with Crippen molar-refractivity contribution in [3.05, 3.63) is 16.1 Å². The molecule has 0 atom stereocenters. The van der Waals surface area contributed by atoms with Crippen molar-refractivity contribution in [2.75, 3.05) is 26.4 Å². The summed E-state index contributed by atoms with van der Waals surface area (Å²) in [6.45, 7) is 3.38. The lowest BCUT2D eigenvalue weighted by atomic mass is 10.1. The van der Waals surface area contributed by atoms with E-state index < -0.39 is 10.0 Å². The van der Waals surface area contributed by atoms with Crippen molar-refractivity contribution in [2.24, 2.45) is 0 Å². The molecule has 2 rings (SSSR count). The number of hydrogen-bond donors (Lipinski definition) is 1. The first-order valence-corrected chi connectivity index (χ1v) is 9.80. The van der Waals surface area contributed by atoms with Crippen LogP contribution in [0.15, 0.2) is 6.20 Å². The average molecular weight is 346 g/mol. The number of rotatable bonds is 4. The summed E-state index contributed by atoms with van der Waals surface area (Å²) in [6.07, 6.45) is 4.30. The second-order valence-corrected chi connectivity index (χ2v) is 8.89. The van der Waals surface area contributed by atoms with Gasteiger partial charge in [-0.1, -0.05) is 0 Å². The van der Waals surface area contributed by atoms with Gasteiger partial charge in [-0.3, -0.25) is 0 Å². The Morgan fingerprint density at radius 3 is 2.64 bits per heavy atom. The quantitative estimate of drug-likeness (QED) is 0.882. The molecule has 0 spiro atoms. The third-order valence-corrected chi connectivity index (χ3v) is 5.86. The topological polar surface area (TPSA) is 82.6 Å². The summed E-state index contributed by atoms with van der Waals surface area (Å²) in [4.78, 5) is 19.0. The van der Waals surface area contributed by atoms with E-state index in [9.17, 15) is 13.2 Å². The van der Waals surface area contributed by atoms with Crippen LogP contribution in [0.2, 0.25) is 0 Å². The predicted molar refractivity (Wildman–Crippen MR) is 86.3 cm³/mol. The number of carbonyl (C=O) groups is 1. The third-order valence-electron chi connectivity index (χ3n) is 3.66. The van der Waals surface area contributed by atoms with Gasteiger partial charge in [-0.05, 0) is 19.8 Å². The van der Waals surface area contributed by atoms with Gasteiger partial charge in [0.2, 0.25) is 10.0 Å². The van der Waals surface area contributed by atoms with Crippen LogP contribution in [0.5, 0.6) is 0 Å². The van der Waals surface area contributed by atoms with E-state index in [-0.39, 0.29) is 12.1 Å². The van der Waals surface area contributed by atoms with Crippen LogP contribution in [0.3, 0.4) is 0 Å². The van der Waals surface area contributed by atoms with Crippen LogP contribution in [0.4, 0.5) is 4.79 Å². The molecule has 0 aliphatic carbocycles. The maximum Gasteiger partial charge on any atom is 0.317 e. The molecular weight excluding hydrogens is 324 g/mol. The first kappa shape index (κ1) is 17.2. The highest BCUT2D eigenvalue weighted by Crippen LogP contribution is 2.15. The fourth-order valence-electron chi connectivity index (χ4n) is 2.40. The summed E-state index contributed by atoms with van der Waals surface area (Å²) in [7, 11) is -1.38. The van der Waals surface area contributed by atoms with Crippen LogP contribution in [0, 0.1) is 6.92 Å². The monoisotopic (exact) mass is 346 g/mol. The highest BCUT2D eigenvalue weighted by atomic mass is 32.2. The average Bonchev–Trinajstić information content (AvgIpc) is 2.83. The van der Waals surface area contributed by atoms with Crippen molar-refractivity contribution >= 4 is 27.4 Å². The summed E-state index contributed by atoms with van der Waals surface area (Å²) in [5, 5.41) is 3.95. The van der Waals surface area contributed by atoms with Crippen LogP contribution in [-0.2, 0) is 16.6 Å². The number of urea groups is 1. The SMILES string of the molecule is Cc1ncc(CN(C)C(=O)NC2CCN(S(C)(=O)=O)CC2)s1. The summed E-state index contributed by atoms with van der Waals surface area (Å²) in [5.41, 5.74) is 0. The zero-order valence-electron chi connectivity index (χ0n) is 13.1. The van der Waals surface area contributed by atoms with E-state index in [1.807, 2.05) is 6.92 Å². The fourth-order valence-corrected chi connectivity index (χ4v) is 4.12. The molecule has 1 aliphatic rings. The Kier molecular flexibility index (Phi) is 5.41. The molecular formula is C13H22N4O3S2. The van der Waals surface area contributed by atoms with E-state index in [0.717, 1.165) is 9.88 Å². The number of sulfonamides is 1. The second kappa shape index (κ2) is 6.93. The van der Waals surface area contributed by atoms with Crippen LogP contribution >= 0.6 is 11.3 Å². The van der Waals surface area contributed by atoms with Crippen molar-refractivity contribution < 1.29 is 13.2 Å². The molecule has 1 aliphatic heterocycles. The summed E-state index contributed by atoms with van der Waals surface area (Å²) >= 11 is 1.58. The van der Waals surface area contributed by atoms with Crippen molar-refractivity contribution in [3.63, 3.8) is 0 Å². The minimum Gasteiger partial charge on any atom is -0.335 e. The Morgan fingerprint density at radius 1 is 1.50 bits per heavy atom. The smallest absolute Gasteiger partial charge is 0.317 e. The standard InChI is InChI=1S/C13H22N4O3S2/c1-10-14-8-12(21-10)9-16(2)13(18)15-11-4-6-17(7-5-11)22(3,19)20/h8,11H,4-7,9H2,1-3H3,(H,15,18). The number of carbonyl (C=O) groups excluding carboxylic acids is 1. The van der Waals surface area contributed by atoms with E-state index in [4.69, 9.17) is 0 Å². The van der Waals surface area contributed by atoms with Gasteiger partial charge in [0.25, 0.3) is 0 Å². The molecule has 1 N–H and O–H groups in total. The molecule has 0 aromatic carbocycles. The van der Waals surface area contributed by atoms with Gasteiger partial charge < -0.3 is 10.2 Å². The Hall–Kier alpha value is -1.19. The zero-order valence-corrected chi connectivity index (χ0v) is 14.7. The lowest BCUT2D eigenvalue weighted by Gasteiger charge is -2.31. The fraction of sp³-hybridized carbons (Fsp3) is 0.692. The minimum atomic E-state index is -3.13. The Morgan fingerprint density at radius 2 is 2.14 bits per heavy atom. The van der Waals surface area contributed by atoms with Crippen LogP contribution < -0.4 is 5.32 Å². The first-order chi connectivity index (χ1) is 10.3. The van der Waals surface area contributed by atoms with E-state index in [0.29, 0.717) is 32.5 Å².